The number of esters is 2. The highest BCUT2D eigenvalue weighted by molar-refractivity contribution is 5.91. The number of carboxylic acid groups (broad SMARTS) is 1. The third kappa shape index (κ3) is 5.47. The number of hydrogen-bond acceptors (Lipinski definition) is 9. The van der Waals surface area contributed by atoms with E-state index in [1.54, 1.807) is 6.92 Å². The molecule has 0 amide bonds. The highest BCUT2D eigenvalue weighted by Gasteiger charge is 2.89. The van der Waals surface area contributed by atoms with Gasteiger partial charge in [-0.25, -0.2) is 0 Å². The van der Waals surface area contributed by atoms with Crippen LogP contribution in [0.15, 0.2) is 11.6 Å². The van der Waals surface area contributed by atoms with Gasteiger partial charge in [0.2, 0.25) is 0 Å². The lowest BCUT2D eigenvalue weighted by Crippen LogP contribution is -2.62. The number of aldehydes is 1. The highest BCUT2D eigenvalue weighted by Crippen LogP contribution is 2.87. The van der Waals surface area contributed by atoms with E-state index in [4.69, 9.17) is 23.7 Å². The van der Waals surface area contributed by atoms with Crippen molar-refractivity contribution in [3.8, 4) is 0 Å². The molecule has 4 aliphatic carbocycles. The van der Waals surface area contributed by atoms with Gasteiger partial charge in [-0.05, 0) is 62.2 Å². The van der Waals surface area contributed by atoms with E-state index in [9.17, 15) is 24.3 Å². The molecular formula is C38H58O10. The molecule has 0 aromatic carbocycles. The van der Waals surface area contributed by atoms with Crippen molar-refractivity contribution in [3.05, 3.63) is 11.6 Å². The van der Waals surface area contributed by atoms with Crippen LogP contribution in [0.3, 0.4) is 0 Å². The molecule has 5 aliphatic rings. The molecule has 0 spiro atoms. The van der Waals surface area contributed by atoms with Gasteiger partial charge >= 0.3 is 17.9 Å². The van der Waals surface area contributed by atoms with Crippen molar-refractivity contribution < 1.29 is 48.0 Å². The summed E-state index contributed by atoms with van der Waals surface area (Å²) in [6, 6.07) is 0. The molecule has 48 heavy (non-hydrogen) atoms. The van der Waals surface area contributed by atoms with Crippen molar-refractivity contribution in [2.24, 2.45) is 45.8 Å². The lowest BCUT2D eigenvalue weighted by atomic mass is 9.55. The number of carboxylic acids is 1. The minimum Gasteiger partial charge on any atom is -0.481 e. The molecule has 5 rings (SSSR count). The van der Waals surface area contributed by atoms with Crippen LogP contribution in [0.25, 0.3) is 0 Å². The fraction of sp³-hybridized carbons (Fsp3) is 0.842. The van der Waals surface area contributed by atoms with E-state index in [0.29, 0.717) is 19.3 Å². The number of carbonyl (C=O) groups is 4. The van der Waals surface area contributed by atoms with E-state index in [0.717, 1.165) is 50.4 Å². The Morgan fingerprint density at radius 3 is 2.15 bits per heavy atom. The minimum absolute atomic E-state index is 0.00781. The molecule has 4 bridgehead atoms. The van der Waals surface area contributed by atoms with E-state index < -0.39 is 64.9 Å². The maximum absolute atomic E-state index is 13.8. The average molecular weight is 675 g/mol. The van der Waals surface area contributed by atoms with Crippen molar-refractivity contribution in [1.82, 2.24) is 0 Å². The smallest absolute Gasteiger partial charge is 0.315 e. The second kappa shape index (κ2) is 14.5. The van der Waals surface area contributed by atoms with E-state index >= 15 is 0 Å². The van der Waals surface area contributed by atoms with Gasteiger partial charge in [-0.1, -0.05) is 78.4 Å². The summed E-state index contributed by atoms with van der Waals surface area (Å²) >= 11 is 0. The number of ether oxygens (including phenoxy) is 5. The van der Waals surface area contributed by atoms with Gasteiger partial charge in [0, 0.05) is 25.4 Å². The van der Waals surface area contributed by atoms with Gasteiger partial charge < -0.3 is 33.6 Å². The van der Waals surface area contributed by atoms with Crippen LogP contribution in [-0.4, -0.2) is 73.7 Å². The summed E-state index contributed by atoms with van der Waals surface area (Å²) in [7, 11) is 1.51. The predicted molar refractivity (Wildman–Crippen MR) is 177 cm³/mol. The third-order valence-corrected chi connectivity index (χ3v) is 12.8. The van der Waals surface area contributed by atoms with Gasteiger partial charge in [0.05, 0.1) is 18.1 Å². The minimum atomic E-state index is -1.41. The van der Waals surface area contributed by atoms with Crippen molar-refractivity contribution in [1.29, 1.82) is 0 Å². The zero-order valence-electron chi connectivity index (χ0n) is 30.0. The first kappa shape index (κ1) is 37.0. The summed E-state index contributed by atoms with van der Waals surface area (Å²) in [5, 5.41) is 11.3. The number of rotatable bonds is 17. The normalized spacial score (nSPS) is 40.9. The topological polar surface area (TPSA) is 135 Å². The fourth-order valence-corrected chi connectivity index (χ4v) is 11.1. The van der Waals surface area contributed by atoms with Gasteiger partial charge in [-0.2, -0.15) is 0 Å². The number of fused-ring (bicyclic) bond motifs is 2. The van der Waals surface area contributed by atoms with E-state index in [1.165, 1.54) is 7.11 Å². The Balaban J connectivity index is 1.52. The van der Waals surface area contributed by atoms with Gasteiger partial charge in [-0.15, -0.1) is 0 Å². The Hall–Kier alpha value is -2.30. The van der Waals surface area contributed by atoms with Crippen molar-refractivity contribution in [3.63, 3.8) is 0 Å². The predicted octanol–water partition coefficient (Wildman–Crippen LogP) is 6.28. The summed E-state index contributed by atoms with van der Waals surface area (Å²) in [5.41, 5.74) is -2.48. The van der Waals surface area contributed by atoms with Crippen molar-refractivity contribution in [2.75, 3.05) is 13.7 Å². The Bertz CT molecular complexity index is 1250. The number of unbranched alkanes of at least 4 members (excludes halogenated alkanes) is 4. The molecule has 10 nitrogen and oxygen atoms in total. The quantitative estimate of drug-likeness (QED) is 0.0813. The van der Waals surface area contributed by atoms with Crippen LogP contribution in [0.2, 0.25) is 0 Å². The number of methoxy groups -OCH3 is 1. The average Bonchev–Trinajstić information content (AvgIpc) is 3.71. The Morgan fingerprint density at radius 1 is 0.979 bits per heavy atom. The zero-order chi connectivity index (χ0) is 35.0. The first-order valence-electron chi connectivity index (χ1n) is 18.5. The van der Waals surface area contributed by atoms with E-state index in [2.05, 4.69) is 26.8 Å². The summed E-state index contributed by atoms with van der Waals surface area (Å²) in [6.45, 7) is 12.1. The lowest BCUT2D eigenvalue weighted by Gasteiger charge is -2.48. The third-order valence-electron chi connectivity index (χ3n) is 12.8. The van der Waals surface area contributed by atoms with Crippen LogP contribution >= 0.6 is 0 Å². The maximum Gasteiger partial charge on any atom is 0.315 e. The molecule has 3 saturated carbocycles. The molecule has 0 radical (unpaired) electrons. The van der Waals surface area contributed by atoms with Crippen LogP contribution < -0.4 is 0 Å². The Kier molecular flexibility index (Phi) is 11.2. The second-order valence-corrected chi connectivity index (χ2v) is 15.6. The molecule has 1 N–H and O–H groups in total. The fourth-order valence-electron chi connectivity index (χ4n) is 11.1. The van der Waals surface area contributed by atoms with Crippen LogP contribution in [0.5, 0.6) is 0 Å². The Labute approximate surface area is 286 Å². The number of carbonyl (C=O) groups excluding carboxylic acids is 3. The summed E-state index contributed by atoms with van der Waals surface area (Å²) in [4.78, 5) is 53.5. The first-order chi connectivity index (χ1) is 22.9. The summed E-state index contributed by atoms with van der Waals surface area (Å²) in [5.74, 6) is -1.94. The van der Waals surface area contributed by atoms with Crippen LogP contribution in [0.4, 0.5) is 0 Å². The van der Waals surface area contributed by atoms with Crippen LogP contribution in [0, 0.1) is 45.8 Å². The lowest BCUT2D eigenvalue weighted by molar-refractivity contribution is -0.310. The first-order valence-corrected chi connectivity index (χ1v) is 18.5. The van der Waals surface area contributed by atoms with Gasteiger partial charge in [0.15, 0.2) is 18.5 Å². The van der Waals surface area contributed by atoms with Crippen LogP contribution in [0.1, 0.15) is 112 Å². The SMILES string of the molecule is CCCCCC(=O)O[C@H]1[C@H](OC(=O)CCCCC)[C@H](OCC23C4C=C(C(C)C)C2(C(=O)O)C(C=O)(C4)[C@@H]2CC[C@@H](C)[C@H]23)O[C@H](C)[C@H]1OC. The molecule has 4 fully saturated rings. The van der Waals surface area contributed by atoms with E-state index in [-0.39, 0.29) is 49.0 Å². The molecule has 12 atom stereocenters. The Morgan fingerprint density at radius 2 is 1.60 bits per heavy atom. The summed E-state index contributed by atoms with van der Waals surface area (Å²) < 4.78 is 31.1. The number of allylic oxidation sites excluding steroid dienone is 1. The van der Waals surface area contributed by atoms with Crippen molar-refractivity contribution >= 4 is 24.2 Å². The largest absolute Gasteiger partial charge is 0.481 e. The molecule has 0 aromatic rings. The standard InChI is InChI=1S/C38H58O10/c1-8-10-12-14-28(40)47-32-31(44-7)24(6)46-34(33(32)48-29(41)15-13-11-9-2)45-21-37-25-18-27(22(3)4)38(37,35(42)43)36(19-25,20-39)26-17-16-23(5)30(26)37/h18,20,22-26,30-34H,8-17,19,21H2,1-7H3,(H,42,43)/t23-,24-,25?,26-,30-,31-,32-,33+,34-,36?,37?,38?/m1/s1. The number of hydrogen-bond donors (Lipinski definition) is 1. The maximum atomic E-state index is 13.8. The molecule has 0 aromatic heterocycles. The monoisotopic (exact) mass is 674 g/mol. The van der Waals surface area contributed by atoms with Crippen LogP contribution in [-0.2, 0) is 42.9 Å². The summed E-state index contributed by atoms with van der Waals surface area (Å²) in [6.07, 6.45) is 6.17. The van der Waals surface area contributed by atoms with Gasteiger partial charge in [0.1, 0.15) is 17.8 Å². The highest BCUT2D eigenvalue weighted by atomic mass is 16.7. The molecule has 1 heterocycles. The molecule has 1 saturated heterocycles. The molecule has 270 valence electrons. The molecule has 10 heteroatoms. The molecule has 1 aliphatic heterocycles. The van der Waals surface area contributed by atoms with Crippen molar-refractivity contribution in [2.45, 2.75) is 143 Å². The van der Waals surface area contributed by atoms with Gasteiger partial charge in [-0.3, -0.25) is 14.4 Å². The number of aliphatic carboxylic acids is 1. The molecular weight excluding hydrogens is 616 g/mol. The van der Waals surface area contributed by atoms with E-state index in [1.807, 2.05) is 13.8 Å². The zero-order valence-corrected chi connectivity index (χ0v) is 30.0. The van der Waals surface area contributed by atoms with Gasteiger partial charge in [0.25, 0.3) is 0 Å². The second-order valence-electron chi connectivity index (χ2n) is 15.6. The molecule has 4 unspecified atom stereocenters.